The predicted molar refractivity (Wildman–Crippen MR) is 84.5 cm³/mol. The Labute approximate surface area is 133 Å². The van der Waals surface area contributed by atoms with Gasteiger partial charge in [0.1, 0.15) is 11.6 Å². The molecule has 0 radical (unpaired) electrons. The molecular formula is C19H16F2O2. The van der Waals surface area contributed by atoms with E-state index in [1.165, 1.54) is 24.3 Å². The molecule has 0 aliphatic heterocycles. The average molecular weight is 314 g/mol. The standard InChI is InChI=1S/C19H16F2O2/c1-10-7-15(20)18(16(21)8-10)17-11(2)3-4-12-5-6-13(19(22)23)9-14(12)17/h5-9H,3-4H2,1-2H3,(H,22,23). The number of benzene rings is 2. The molecule has 0 saturated heterocycles. The van der Waals surface area contributed by atoms with E-state index in [1.54, 1.807) is 13.0 Å². The molecule has 118 valence electrons. The second-order valence-corrected chi connectivity index (χ2v) is 5.94. The van der Waals surface area contributed by atoms with Gasteiger partial charge in [0.2, 0.25) is 0 Å². The molecule has 2 nitrogen and oxygen atoms in total. The number of rotatable bonds is 2. The highest BCUT2D eigenvalue weighted by atomic mass is 19.1. The van der Waals surface area contributed by atoms with Crippen molar-refractivity contribution in [3.63, 3.8) is 0 Å². The van der Waals surface area contributed by atoms with E-state index >= 15 is 0 Å². The average Bonchev–Trinajstić information content (AvgIpc) is 2.47. The number of aromatic carboxylic acids is 1. The van der Waals surface area contributed by atoms with Crippen LogP contribution in [0.25, 0.3) is 5.57 Å². The second kappa shape index (κ2) is 5.61. The lowest BCUT2D eigenvalue weighted by Crippen LogP contribution is -2.10. The molecule has 4 heteroatoms. The minimum Gasteiger partial charge on any atom is -0.478 e. The number of halogens is 2. The Balaban J connectivity index is 2.29. The van der Waals surface area contributed by atoms with E-state index in [0.29, 0.717) is 23.1 Å². The molecule has 0 saturated carbocycles. The van der Waals surface area contributed by atoms with Gasteiger partial charge in [-0.1, -0.05) is 11.6 Å². The molecule has 3 rings (SSSR count). The second-order valence-electron chi connectivity index (χ2n) is 5.94. The molecular weight excluding hydrogens is 298 g/mol. The summed E-state index contributed by atoms with van der Waals surface area (Å²) < 4.78 is 28.9. The third kappa shape index (κ3) is 2.65. The lowest BCUT2D eigenvalue weighted by Gasteiger charge is -2.23. The fourth-order valence-electron chi connectivity index (χ4n) is 3.12. The van der Waals surface area contributed by atoms with Crippen LogP contribution in [0.5, 0.6) is 0 Å². The van der Waals surface area contributed by atoms with E-state index < -0.39 is 17.6 Å². The summed E-state index contributed by atoms with van der Waals surface area (Å²) in [6.45, 7) is 3.47. The minimum absolute atomic E-state index is 0.0726. The Kier molecular flexibility index (Phi) is 3.76. The van der Waals surface area contributed by atoms with Crippen LogP contribution in [0.15, 0.2) is 35.9 Å². The molecule has 0 fully saturated rings. The van der Waals surface area contributed by atoms with Gasteiger partial charge in [-0.05, 0) is 73.2 Å². The van der Waals surface area contributed by atoms with E-state index in [2.05, 4.69) is 0 Å². The number of aryl methyl sites for hydroxylation is 2. The van der Waals surface area contributed by atoms with Crippen LogP contribution >= 0.6 is 0 Å². The molecule has 2 aromatic carbocycles. The minimum atomic E-state index is -1.06. The van der Waals surface area contributed by atoms with Crippen LogP contribution in [0.2, 0.25) is 0 Å². The summed E-state index contributed by atoms with van der Waals surface area (Å²) in [6, 6.07) is 7.37. The van der Waals surface area contributed by atoms with E-state index in [9.17, 15) is 18.7 Å². The molecule has 0 unspecified atom stereocenters. The quantitative estimate of drug-likeness (QED) is 0.869. The Morgan fingerprint density at radius 2 is 1.70 bits per heavy atom. The van der Waals surface area contributed by atoms with E-state index in [1.807, 2.05) is 6.92 Å². The van der Waals surface area contributed by atoms with Gasteiger partial charge in [-0.3, -0.25) is 0 Å². The van der Waals surface area contributed by atoms with Crippen molar-refractivity contribution in [2.75, 3.05) is 0 Å². The Bertz CT molecular complexity index is 827. The van der Waals surface area contributed by atoms with Crippen molar-refractivity contribution in [2.24, 2.45) is 0 Å². The van der Waals surface area contributed by atoms with Crippen LogP contribution in [0, 0.1) is 18.6 Å². The molecule has 1 aliphatic rings. The molecule has 0 spiro atoms. The molecule has 0 atom stereocenters. The summed E-state index contributed by atoms with van der Waals surface area (Å²) in [6.07, 6.45) is 1.43. The lowest BCUT2D eigenvalue weighted by atomic mass is 9.81. The molecule has 0 aromatic heterocycles. The fraction of sp³-hybridized carbons (Fsp3) is 0.211. The van der Waals surface area contributed by atoms with E-state index in [-0.39, 0.29) is 11.1 Å². The third-order valence-corrected chi connectivity index (χ3v) is 4.26. The SMILES string of the molecule is CC1=C(c2c(F)cc(C)cc2F)c2cc(C(=O)O)ccc2CC1. The summed E-state index contributed by atoms with van der Waals surface area (Å²) in [5.41, 5.74) is 3.41. The van der Waals surface area contributed by atoms with Crippen molar-refractivity contribution in [2.45, 2.75) is 26.7 Å². The molecule has 1 N–H and O–H groups in total. The van der Waals surface area contributed by atoms with Crippen LogP contribution in [0.3, 0.4) is 0 Å². The summed E-state index contributed by atoms with van der Waals surface area (Å²) in [5, 5.41) is 9.19. The highest BCUT2D eigenvalue weighted by molar-refractivity contribution is 5.92. The van der Waals surface area contributed by atoms with Crippen LogP contribution < -0.4 is 0 Å². The van der Waals surface area contributed by atoms with Crippen molar-refractivity contribution < 1.29 is 18.7 Å². The van der Waals surface area contributed by atoms with Crippen LogP contribution in [-0.4, -0.2) is 11.1 Å². The molecule has 0 heterocycles. The summed E-state index contributed by atoms with van der Waals surface area (Å²) in [5.74, 6) is -2.30. The van der Waals surface area contributed by atoms with Crippen molar-refractivity contribution >= 4 is 11.5 Å². The zero-order valence-corrected chi connectivity index (χ0v) is 12.9. The van der Waals surface area contributed by atoms with Gasteiger partial charge in [-0.2, -0.15) is 0 Å². The number of carboxylic acid groups (broad SMARTS) is 1. The Morgan fingerprint density at radius 3 is 2.30 bits per heavy atom. The monoisotopic (exact) mass is 314 g/mol. The molecule has 1 aliphatic carbocycles. The highest BCUT2D eigenvalue weighted by Crippen LogP contribution is 2.38. The van der Waals surface area contributed by atoms with Gasteiger partial charge < -0.3 is 5.11 Å². The summed E-state index contributed by atoms with van der Waals surface area (Å²) >= 11 is 0. The van der Waals surface area contributed by atoms with Gasteiger partial charge in [0.15, 0.2) is 0 Å². The van der Waals surface area contributed by atoms with Crippen molar-refractivity contribution in [3.8, 4) is 0 Å². The largest absolute Gasteiger partial charge is 0.478 e. The third-order valence-electron chi connectivity index (χ3n) is 4.26. The Hall–Kier alpha value is -2.49. The number of allylic oxidation sites excluding steroid dienone is 1. The maximum absolute atomic E-state index is 14.4. The maximum Gasteiger partial charge on any atom is 0.335 e. The zero-order chi connectivity index (χ0) is 16.7. The maximum atomic E-state index is 14.4. The number of fused-ring (bicyclic) bond motifs is 1. The van der Waals surface area contributed by atoms with Crippen LogP contribution in [0.1, 0.15) is 46.0 Å². The number of carboxylic acids is 1. The summed E-state index contributed by atoms with van der Waals surface area (Å²) in [7, 11) is 0. The first-order chi connectivity index (χ1) is 10.9. The number of hydrogen-bond acceptors (Lipinski definition) is 1. The summed E-state index contributed by atoms with van der Waals surface area (Å²) in [4.78, 5) is 11.2. The topological polar surface area (TPSA) is 37.3 Å². The van der Waals surface area contributed by atoms with E-state index in [4.69, 9.17) is 0 Å². The Morgan fingerprint density at radius 1 is 1.04 bits per heavy atom. The van der Waals surface area contributed by atoms with Crippen molar-refractivity contribution in [1.29, 1.82) is 0 Å². The van der Waals surface area contributed by atoms with Crippen molar-refractivity contribution in [3.05, 3.63) is 75.4 Å². The smallest absolute Gasteiger partial charge is 0.335 e. The first-order valence-corrected chi connectivity index (χ1v) is 7.41. The van der Waals surface area contributed by atoms with Gasteiger partial charge in [-0.25, -0.2) is 13.6 Å². The van der Waals surface area contributed by atoms with Gasteiger partial charge in [0, 0.05) is 0 Å². The van der Waals surface area contributed by atoms with Crippen LogP contribution in [-0.2, 0) is 6.42 Å². The molecule has 23 heavy (non-hydrogen) atoms. The molecule has 0 amide bonds. The van der Waals surface area contributed by atoms with E-state index in [0.717, 1.165) is 17.6 Å². The highest BCUT2D eigenvalue weighted by Gasteiger charge is 2.24. The van der Waals surface area contributed by atoms with Crippen molar-refractivity contribution in [1.82, 2.24) is 0 Å². The zero-order valence-electron chi connectivity index (χ0n) is 12.9. The van der Waals surface area contributed by atoms with Gasteiger partial charge >= 0.3 is 5.97 Å². The lowest BCUT2D eigenvalue weighted by molar-refractivity contribution is 0.0697. The van der Waals surface area contributed by atoms with Gasteiger partial charge in [0.25, 0.3) is 0 Å². The molecule has 2 aromatic rings. The fourth-order valence-corrected chi connectivity index (χ4v) is 3.12. The van der Waals surface area contributed by atoms with Gasteiger partial charge in [-0.15, -0.1) is 0 Å². The first-order valence-electron chi connectivity index (χ1n) is 7.41. The van der Waals surface area contributed by atoms with Crippen LogP contribution in [0.4, 0.5) is 8.78 Å². The predicted octanol–water partition coefficient (Wildman–Crippen LogP) is 4.74. The number of hydrogen-bond donors (Lipinski definition) is 1. The first kappa shape index (κ1) is 15.4. The number of carbonyl (C=O) groups is 1. The normalized spacial score (nSPS) is 13.9. The van der Waals surface area contributed by atoms with Gasteiger partial charge in [0.05, 0.1) is 11.1 Å². The molecule has 0 bridgehead atoms.